The zero-order valence-corrected chi connectivity index (χ0v) is 21.7. The van der Waals surface area contributed by atoms with Gasteiger partial charge in [0.1, 0.15) is 12.2 Å². The molecular formula is C27H30O9S. The Kier molecular flexibility index (Phi) is 6.31. The molecule has 1 aliphatic heterocycles. The fourth-order valence-corrected chi connectivity index (χ4v) is 8.12. The standard InChI is InChI=1S/C27H30O9S/c1-26-11-9-18-25(30)35-21(16-10-12-34-15-16)14-27(18,2)23(26)22(28)20(13-19(26)24(29)33-3)36-37(31,32)17-7-5-4-6-8-17/h4-8,10,12,15,18-21,23H,9,11,13-14H2,1-3H3/t18-,19+,20+,21+,23+,26+,27+/m1/s1. The number of carbonyl (C=O) groups excluding carboxylic acids is 3. The van der Waals surface area contributed by atoms with Crippen molar-refractivity contribution in [3.05, 3.63) is 54.5 Å². The summed E-state index contributed by atoms with van der Waals surface area (Å²) in [7, 11) is -3.02. The number of ketones is 1. The minimum absolute atomic E-state index is 0.0836. The van der Waals surface area contributed by atoms with Crippen molar-refractivity contribution in [1.82, 2.24) is 0 Å². The molecule has 0 amide bonds. The van der Waals surface area contributed by atoms with E-state index in [1.807, 2.05) is 13.8 Å². The Labute approximate surface area is 215 Å². The topological polar surface area (TPSA) is 126 Å². The Hall–Kier alpha value is -2.98. The fraction of sp³-hybridized carbons (Fsp3) is 0.519. The van der Waals surface area contributed by atoms with E-state index >= 15 is 0 Å². The second-order valence-corrected chi connectivity index (χ2v) is 12.4. The number of methoxy groups -OCH3 is 1. The molecule has 3 aliphatic rings. The van der Waals surface area contributed by atoms with Crippen LogP contribution >= 0.6 is 0 Å². The van der Waals surface area contributed by atoms with E-state index in [4.69, 9.17) is 18.1 Å². The number of carbonyl (C=O) groups is 3. The second kappa shape index (κ2) is 9.09. The molecule has 198 valence electrons. The smallest absolute Gasteiger partial charge is 0.310 e. The molecule has 2 saturated carbocycles. The number of hydrogen-bond acceptors (Lipinski definition) is 9. The molecule has 2 heterocycles. The van der Waals surface area contributed by atoms with Gasteiger partial charge in [-0.1, -0.05) is 32.0 Å². The van der Waals surface area contributed by atoms with Gasteiger partial charge in [0.15, 0.2) is 5.78 Å². The SMILES string of the molecule is COC(=O)[C@@H]1C[C@H](OS(=O)(=O)c2ccccc2)C(=O)[C@@H]2[C@@]3(C)C[C@@H](c4ccoc4)OC(=O)[C@H]3CC[C@]21C. The van der Waals surface area contributed by atoms with Crippen LogP contribution in [0.4, 0.5) is 0 Å². The van der Waals surface area contributed by atoms with Gasteiger partial charge in [-0.15, -0.1) is 0 Å². The number of ether oxygens (including phenoxy) is 2. The van der Waals surface area contributed by atoms with Crippen LogP contribution in [0.5, 0.6) is 0 Å². The van der Waals surface area contributed by atoms with Gasteiger partial charge in [-0.25, -0.2) is 0 Å². The Balaban J connectivity index is 1.57. The number of benzene rings is 1. The largest absolute Gasteiger partial charge is 0.472 e. The van der Waals surface area contributed by atoms with E-state index in [-0.39, 0.29) is 11.3 Å². The van der Waals surface area contributed by atoms with Crippen LogP contribution in [0.15, 0.2) is 58.2 Å². The minimum Gasteiger partial charge on any atom is -0.472 e. The molecule has 37 heavy (non-hydrogen) atoms. The molecule has 2 aliphatic carbocycles. The van der Waals surface area contributed by atoms with Gasteiger partial charge in [-0.2, -0.15) is 8.42 Å². The molecule has 9 nitrogen and oxygen atoms in total. The lowest BCUT2D eigenvalue weighted by Gasteiger charge is -2.61. The molecule has 1 aromatic carbocycles. The minimum atomic E-state index is -4.29. The van der Waals surface area contributed by atoms with E-state index in [0.717, 1.165) is 0 Å². The van der Waals surface area contributed by atoms with Crippen LogP contribution in [0, 0.1) is 28.6 Å². The van der Waals surface area contributed by atoms with Crippen LogP contribution in [0.3, 0.4) is 0 Å². The predicted octanol–water partition coefficient (Wildman–Crippen LogP) is 3.84. The van der Waals surface area contributed by atoms with E-state index in [9.17, 15) is 22.8 Å². The number of furan rings is 1. The number of cyclic esters (lactones) is 1. The molecule has 0 unspecified atom stereocenters. The normalized spacial score (nSPS) is 35.7. The van der Waals surface area contributed by atoms with Crippen LogP contribution < -0.4 is 0 Å². The van der Waals surface area contributed by atoms with Gasteiger partial charge in [0.05, 0.1) is 36.4 Å². The summed E-state index contributed by atoms with van der Waals surface area (Å²) < 4.78 is 47.7. The molecule has 7 atom stereocenters. The quantitative estimate of drug-likeness (QED) is 0.418. The first-order valence-corrected chi connectivity index (χ1v) is 13.7. The molecule has 2 aromatic rings. The van der Waals surface area contributed by atoms with E-state index in [0.29, 0.717) is 24.8 Å². The molecule has 3 fully saturated rings. The summed E-state index contributed by atoms with van der Waals surface area (Å²) in [6.07, 6.45) is 2.01. The lowest BCUT2D eigenvalue weighted by Crippen LogP contribution is -2.64. The molecule has 5 rings (SSSR count). The molecule has 0 bridgehead atoms. The number of esters is 2. The maximum absolute atomic E-state index is 14.2. The zero-order valence-electron chi connectivity index (χ0n) is 20.9. The van der Waals surface area contributed by atoms with Gasteiger partial charge in [0.2, 0.25) is 0 Å². The van der Waals surface area contributed by atoms with Crippen molar-refractivity contribution in [3.8, 4) is 0 Å². The third kappa shape index (κ3) is 4.10. The third-order valence-corrected chi connectivity index (χ3v) is 10.1. The summed E-state index contributed by atoms with van der Waals surface area (Å²) in [4.78, 5) is 40.4. The van der Waals surface area contributed by atoms with Crippen molar-refractivity contribution in [3.63, 3.8) is 0 Å². The van der Waals surface area contributed by atoms with Crippen LogP contribution in [0.1, 0.15) is 51.2 Å². The van der Waals surface area contributed by atoms with E-state index in [1.165, 1.54) is 31.8 Å². The number of fused-ring (bicyclic) bond motifs is 3. The first-order chi connectivity index (χ1) is 17.5. The van der Waals surface area contributed by atoms with Crippen LogP contribution in [0.2, 0.25) is 0 Å². The molecular weight excluding hydrogens is 500 g/mol. The summed E-state index contributed by atoms with van der Waals surface area (Å²) in [6, 6.07) is 9.27. The van der Waals surface area contributed by atoms with Crippen LogP contribution in [-0.4, -0.2) is 39.4 Å². The summed E-state index contributed by atoms with van der Waals surface area (Å²) in [5.74, 6) is -3.58. The zero-order chi connectivity index (χ0) is 26.6. The number of hydrogen-bond donors (Lipinski definition) is 0. The van der Waals surface area contributed by atoms with Gasteiger partial charge < -0.3 is 13.9 Å². The second-order valence-electron chi connectivity index (χ2n) is 10.8. The monoisotopic (exact) mass is 530 g/mol. The van der Waals surface area contributed by atoms with Gasteiger partial charge in [-0.05, 0) is 54.7 Å². The lowest BCUT2D eigenvalue weighted by atomic mass is 9.43. The number of Topliss-reactive ketones (excluding diaryl/α,β-unsaturated/α-hetero) is 1. The van der Waals surface area contributed by atoms with Crippen molar-refractivity contribution in [1.29, 1.82) is 0 Å². The first-order valence-electron chi connectivity index (χ1n) is 12.3. The molecule has 0 spiro atoms. The molecule has 1 aromatic heterocycles. The van der Waals surface area contributed by atoms with Crippen molar-refractivity contribution < 1.29 is 40.9 Å². The van der Waals surface area contributed by atoms with Gasteiger partial charge >= 0.3 is 11.9 Å². The predicted molar refractivity (Wildman–Crippen MR) is 128 cm³/mol. The van der Waals surface area contributed by atoms with Crippen LogP contribution in [-0.2, 0) is 38.2 Å². The lowest BCUT2D eigenvalue weighted by molar-refractivity contribution is -0.206. The molecule has 1 saturated heterocycles. The van der Waals surface area contributed by atoms with E-state index < -0.39 is 68.6 Å². The maximum Gasteiger partial charge on any atom is 0.310 e. The summed E-state index contributed by atoms with van der Waals surface area (Å²) in [5, 5.41) is 0. The van der Waals surface area contributed by atoms with Crippen molar-refractivity contribution >= 4 is 27.8 Å². The van der Waals surface area contributed by atoms with Crippen LogP contribution in [0.25, 0.3) is 0 Å². The Morgan fingerprint density at radius 1 is 1.08 bits per heavy atom. The highest BCUT2D eigenvalue weighted by atomic mass is 32.2. The summed E-state index contributed by atoms with van der Waals surface area (Å²) >= 11 is 0. The average molecular weight is 531 g/mol. The Bertz CT molecular complexity index is 1300. The van der Waals surface area contributed by atoms with Gasteiger partial charge in [0, 0.05) is 11.5 Å². The van der Waals surface area contributed by atoms with E-state index in [2.05, 4.69) is 0 Å². The van der Waals surface area contributed by atoms with Crippen molar-refractivity contribution in [2.24, 2.45) is 28.6 Å². The van der Waals surface area contributed by atoms with Crippen molar-refractivity contribution in [2.75, 3.05) is 7.11 Å². The maximum atomic E-state index is 14.2. The molecule has 0 N–H and O–H groups in total. The first kappa shape index (κ1) is 25.7. The molecule has 0 radical (unpaired) electrons. The third-order valence-electron chi connectivity index (χ3n) is 8.78. The van der Waals surface area contributed by atoms with E-state index in [1.54, 1.807) is 24.3 Å². The highest BCUT2D eigenvalue weighted by Crippen LogP contribution is 2.65. The highest BCUT2D eigenvalue weighted by molar-refractivity contribution is 7.86. The average Bonchev–Trinajstić information content (AvgIpc) is 3.40. The molecule has 10 heteroatoms. The van der Waals surface area contributed by atoms with Gasteiger partial charge in [-0.3, -0.25) is 18.6 Å². The van der Waals surface area contributed by atoms with Crippen molar-refractivity contribution in [2.45, 2.75) is 56.6 Å². The Morgan fingerprint density at radius 3 is 2.46 bits per heavy atom. The Morgan fingerprint density at radius 2 is 1.81 bits per heavy atom. The fourth-order valence-electron chi connectivity index (χ4n) is 7.04. The summed E-state index contributed by atoms with van der Waals surface area (Å²) in [5.41, 5.74) is -1.09. The highest BCUT2D eigenvalue weighted by Gasteiger charge is 2.67. The number of rotatable bonds is 5. The van der Waals surface area contributed by atoms with Gasteiger partial charge in [0.25, 0.3) is 10.1 Å². The summed E-state index contributed by atoms with van der Waals surface area (Å²) in [6.45, 7) is 3.74.